The molecule has 3 N–H and O–H groups in total. The van der Waals surface area contributed by atoms with Gasteiger partial charge < -0.3 is 20.5 Å². The third-order valence-electron chi connectivity index (χ3n) is 3.54. The zero-order valence-electron chi connectivity index (χ0n) is 11.4. The van der Waals surface area contributed by atoms with Crippen LogP contribution in [0.15, 0.2) is 48.8 Å². The van der Waals surface area contributed by atoms with Crippen molar-refractivity contribution in [1.82, 2.24) is 14.8 Å². The molecule has 0 bridgehead atoms. The van der Waals surface area contributed by atoms with Crippen molar-refractivity contribution in [3.63, 3.8) is 0 Å². The Morgan fingerprint density at radius 3 is 2.52 bits per heavy atom. The van der Waals surface area contributed by atoms with Crippen LogP contribution in [0.2, 0.25) is 0 Å². The van der Waals surface area contributed by atoms with E-state index < -0.39 is 6.03 Å². The fraction of sp³-hybridized carbons (Fsp3) is 0.200. The lowest BCUT2D eigenvalue weighted by Crippen LogP contribution is -2.62. The number of nitrogens with two attached hydrogens (primary N) is 1. The molecular weight excluding hydrogens is 268 g/mol. The van der Waals surface area contributed by atoms with Crippen molar-refractivity contribution in [3.05, 3.63) is 54.4 Å². The number of rotatable bonds is 3. The lowest BCUT2D eigenvalue weighted by atomic mass is 10.1. The molecule has 6 nitrogen and oxygen atoms in total. The van der Waals surface area contributed by atoms with Gasteiger partial charge in [0.15, 0.2) is 0 Å². The Morgan fingerprint density at radius 1 is 1.14 bits per heavy atom. The summed E-state index contributed by atoms with van der Waals surface area (Å²) in [7, 11) is 0. The monoisotopic (exact) mass is 284 g/mol. The Hall–Kier alpha value is -2.76. The Bertz CT molecular complexity index is 660. The lowest BCUT2D eigenvalue weighted by Gasteiger charge is -2.38. The van der Waals surface area contributed by atoms with Gasteiger partial charge in [0.05, 0.1) is 6.04 Å². The first-order valence-electron chi connectivity index (χ1n) is 6.72. The molecule has 2 aromatic rings. The normalized spacial score (nSPS) is 14.6. The molecule has 0 unspecified atom stereocenters. The molecule has 0 aliphatic carbocycles. The van der Waals surface area contributed by atoms with Crippen molar-refractivity contribution in [2.45, 2.75) is 6.04 Å². The largest absolute Gasteiger partial charge is 0.351 e. The average Bonchev–Trinajstić information content (AvgIpc) is 2.96. The number of hydrogen-bond acceptors (Lipinski definition) is 2. The van der Waals surface area contributed by atoms with Gasteiger partial charge in [0.25, 0.3) is 5.91 Å². The number of nitrogens with zero attached hydrogens (tertiary/aromatic N) is 2. The maximum Gasteiger partial charge on any atom is 0.314 e. The molecule has 108 valence electrons. The smallest absolute Gasteiger partial charge is 0.314 e. The molecular formula is C15H16N4O2. The predicted molar refractivity (Wildman–Crippen MR) is 78.2 cm³/mol. The number of primary amides is 1. The average molecular weight is 284 g/mol. The molecule has 0 saturated carbocycles. The number of carbonyl (C=O) groups is 2. The van der Waals surface area contributed by atoms with Crippen molar-refractivity contribution in [2.24, 2.45) is 5.73 Å². The van der Waals surface area contributed by atoms with E-state index in [0.717, 1.165) is 5.69 Å². The third kappa shape index (κ3) is 2.74. The summed E-state index contributed by atoms with van der Waals surface area (Å²) in [6, 6.07) is 10.8. The summed E-state index contributed by atoms with van der Waals surface area (Å²) in [5.41, 5.74) is 6.67. The van der Waals surface area contributed by atoms with Gasteiger partial charge in [0, 0.05) is 36.7 Å². The molecule has 3 rings (SSSR count). The summed E-state index contributed by atoms with van der Waals surface area (Å²) in [6.07, 6.45) is 3.85. The van der Waals surface area contributed by atoms with E-state index in [1.54, 1.807) is 6.07 Å². The number of urea groups is 1. The molecule has 1 saturated heterocycles. The van der Waals surface area contributed by atoms with Crippen LogP contribution in [0, 0.1) is 0 Å². The summed E-state index contributed by atoms with van der Waals surface area (Å²) < 4.78 is 1.94. The van der Waals surface area contributed by atoms with Gasteiger partial charge in [0.2, 0.25) is 0 Å². The number of benzene rings is 1. The summed E-state index contributed by atoms with van der Waals surface area (Å²) in [4.78, 5) is 24.6. The van der Waals surface area contributed by atoms with Crippen LogP contribution in [-0.2, 0) is 0 Å². The van der Waals surface area contributed by atoms with E-state index in [2.05, 4.69) is 5.32 Å². The topological polar surface area (TPSA) is 80.4 Å². The first-order valence-corrected chi connectivity index (χ1v) is 6.72. The maximum atomic E-state index is 12.2. The van der Waals surface area contributed by atoms with Crippen LogP contribution in [0.1, 0.15) is 10.4 Å². The fourth-order valence-electron chi connectivity index (χ4n) is 2.33. The number of carbonyl (C=O) groups excluding carboxylic acids is 2. The van der Waals surface area contributed by atoms with Crippen molar-refractivity contribution in [1.29, 1.82) is 0 Å². The molecule has 1 aliphatic rings. The summed E-state index contributed by atoms with van der Waals surface area (Å²) >= 11 is 0. The molecule has 21 heavy (non-hydrogen) atoms. The number of nitrogens with one attached hydrogen (secondary N) is 1. The molecule has 6 heteroatoms. The Morgan fingerprint density at radius 2 is 1.86 bits per heavy atom. The SMILES string of the molecule is NC(=O)N1CC(NC(=O)c2cccc(-n3cccc3)c2)C1. The second-order valence-corrected chi connectivity index (χ2v) is 5.05. The zero-order chi connectivity index (χ0) is 14.8. The van der Waals surface area contributed by atoms with E-state index in [-0.39, 0.29) is 11.9 Å². The van der Waals surface area contributed by atoms with E-state index in [1.165, 1.54) is 4.90 Å². The molecule has 1 aromatic carbocycles. The van der Waals surface area contributed by atoms with Crippen molar-refractivity contribution in [3.8, 4) is 5.69 Å². The lowest BCUT2D eigenvalue weighted by molar-refractivity contribution is 0.0861. The van der Waals surface area contributed by atoms with Gasteiger partial charge >= 0.3 is 6.03 Å². The zero-order valence-corrected chi connectivity index (χ0v) is 11.4. The van der Waals surface area contributed by atoms with Gasteiger partial charge in [-0.15, -0.1) is 0 Å². The van der Waals surface area contributed by atoms with Crippen molar-refractivity contribution >= 4 is 11.9 Å². The number of aromatic nitrogens is 1. The molecule has 1 aromatic heterocycles. The van der Waals surface area contributed by atoms with Gasteiger partial charge in [-0.2, -0.15) is 0 Å². The van der Waals surface area contributed by atoms with Gasteiger partial charge in [-0.25, -0.2) is 4.79 Å². The van der Waals surface area contributed by atoms with Gasteiger partial charge in [-0.05, 0) is 30.3 Å². The third-order valence-corrected chi connectivity index (χ3v) is 3.54. The molecule has 2 heterocycles. The van der Waals surface area contributed by atoms with Crippen LogP contribution in [0.5, 0.6) is 0 Å². The Kier molecular flexibility index (Phi) is 3.35. The molecule has 0 spiro atoms. The molecule has 3 amide bonds. The second kappa shape index (κ2) is 5.32. The van der Waals surface area contributed by atoms with Gasteiger partial charge in [-0.3, -0.25) is 4.79 Å². The highest BCUT2D eigenvalue weighted by Gasteiger charge is 2.30. The van der Waals surface area contributed by atoms with Gasteiger partial charge in [0.1, 0.15) is 0 Å². The van der Waals surface area contributed by atoms with E-state index >= 15 is 0 Å². The minimum atomic E-state index is -0.449. The van der Waals surface area contributed by atoms with E-state index in [9.17, 15) is 9.59 Å². The van der Waals surface area contributed by atoms with Crippen LogP contribution in [-0.4, -0.2) is 40.5 Å². The minimum absolute atomic E-state index is 0.0276. The first-order chi connectivity index (χ1) is 10.1. The summed E-state index contributed by atoms with van der Waals surface area (Å²) in [5, 5.41) is 2.89. The highest BCUT2D eigenvalue weighted by molar-refractivity contribution is 5.95. The van der Waals surface area contributed by atoms with E-state index in [0.29, 0.717) is 18.7 Å². The number of hydrogen-bond donors (Lipinski definition) is 2. The molecule has 0 radical (unpaired) electrons. The molecule has 0 atom stereocenters. The van der Waals surface area contributed by atoms with E-state index in [4.69, 9.17) is 5.73 Å². The maximum absolute atomic E-state index is 12.2. The fourth-order valence-corrected chi connectivity index (χ4v) is 2.33. The Labute approximate surface area is 122 Å². The Balaban J connectivity index is 1.66. The highest BCUT2D eigenvalue weighted by Crippen LogP contribution is 2.12. The van der Waals surface area contributed by atoms with Crippen LogP contribution >= 0.6 is 0 Å². The van der Waals surface area contributed by atoms with Crippen LogP contribution in [0.3, 0.4) is 0 Å². The molecule has 1 aliphatic heterocycles. The van der Waals surface area contributed by atoms with Crippen molar-refractivity contribution in [2.75, 3.05) is 13.1 Å². The predicted octanol–water partition coefficient (Wildman–Crippen LogP) is 0.970. The quantitative estimate of drug-likeness (QED) is 0.880. The standard InChI is InChI=1S/C15H16N4O2/c16-15(21)19-9-12(10-19)17-14(20)11-4-3-5-13(8-11)18-6-1-2-7-18/h1-8,12H,9-10H2,(H2,16,21)(H,17,20). The van der Waals surface area contributed by atoms with E-state index in [1.807, 2.05) is 47.3 Å². The highest BCUT2D eigenvalue weighted by atomic mass is 16.2. The second-order valence-electron chi connectivity index (χ2n) is 5.05. The number of amides is 3. The molecule has 1 fully saturated rings. The summed E-state index contributed by atoms with van der Waals surface area (Å²) in [5.74, 6) is -0.141. The van der Waals surface area contributed by atoms with Crippen molar-refractivity contribution < 1.29 is 9.59 Å². The summed E-state index contributed by atoms with van der Waals surface area (Å²) in [6.45, 7) is 0.941. The number of likely N-dealkylation sites (tertiary alicyclic amines) is 1. The van der Waals surface area contributed by atoms with Crippen LogP contribution < -0.4 is 11.1 Å². The minimum Gasteiger partial charge on any atom is -0.351 e. The van der Waals surface area contributed by atoms with Crippen LogP contribution in [0.4, 0.5) is 4.79 Å². The van der Waals surface area contributed by atoms with Gasteiger partial charge in [-0.1, -0.05) is 6.07 Å². The first kappa shape index (κ1) is 13.2. The van der Waals surface area contributed by atoms with Crippen LogP contribution in [0.25, 0.3) is 5.69 Å².